The van der Waals surface area contributed by atoms with Crippen LogP contribution in [0.25, 0.3) is 0 Å². The fourth-order valence-electron chi connectivity index (χ4n) is 2.48. The first kappa shape index (κ1) is 12.0. The molecule has 0 bridgehead atoms. The topological polar surface area (TPSA) is 35.2 Å². The van der Waals surface area contributed by atoms with Crippen molar-refractivity contribution < 1.29 is 4.74 Å². The summed E-state index contributed by atoms with van der Waals surface area (Å²) < 4.78 is 5.30. The molecule has 0 aromatic rings. The molecule has 2 heteroatoms. The van der Waals surface area contributed by atoms with Crippen molar-refractivity contribution in [3.05, 3.63) is 0 Å². The Morgan fingerprint density at radius 1 is 1.21 bits per heavy atom. The molecule has 0 heterocycles. The zero-order chi connectivity index (χ0) is 10.7. The molecule has 0 spiro atoms. The molecule has 0 saturated heterocycles. The van der Waals surface area contributed by atoms with Gasteiger partial charge in [-0.3, -0.25) is 0 Å². The van der Waals surface area contributed by atoms with E-state index in [2.05, 4.69) is 20.8 Å². The van der Waals surface area contributed by atoms with Gasteiger partial charge in [-0.25, -0.2) is 0 Å². The molecule has 1 aliphatic rings. The molecule has 2 nitrogen and oxygen atoms in total. The summed E-state index contributed by atoms with van der Waals surface area (Å²) in [6.07, 6.45) is 4.08. The molecule has 5 unspecified atom stereocenters. The van der Waals surface area contributed by atoms with Crippen LogP contribution in [0.1, 0.15) is 40.0 Å². The van der Waals surface area contributed by atoms with Crippen molar-refractivity contribution in [1.29, 1.82) is 0 Å². The smallest absolute Gasteiger partial charge is 0.0696 e. The summed E-state index contributed by atoms with van der Waals surface area (Å²) in [5.74, 6) is 2.36. The van der Waals surface area contributed by atoms with Gasteiger partial charge in [0.25, 0.3) is 0 Å². The first-order chi connectivity index (χ1) is 6.56. The zero-order valence-corrected chi connectivity index (χ0v) is 9.99. The molecule has 1 saturated carbocycles. The van der Waals surface area contributed by atoms with Gasteiger partial charge in [-0.15, -0.1) is 0 Å². The minimum absolute atomic E-state index is 0.195. The minimum Gasteiger partial charge on any atom is -0.380 e. The molecule has 84 valence electrons. The molecular weight excluding hydrogens is 174 g/mol. The van der Waals surface area contributed by atoms with E-state index >= 15 is 0 Å². The lowest BCUT2D eigenvalue weighted by Gasteiger charge is -2.37. The lowest BCUT2D eigenvalue weighted by Crippen LogP contribution is -2.43. The fourth-order valence-corrected chi connectivity index (χ4v) is 2.48. The van der Waals surface area contributed by atoms with Crippen LogP contribution >= 0.6 is 0 Å². The van der Waals surface area contributed by atoms with E-state index in [1.165, 1.54) is 19.3 Å². The van der Waals surface area contributed by atoms with Crippen molar-refractivity contribution in [3.8, 4) is 0 Å². The van der Waals surface area contributed by atoms with Gasteiger partial charge in [0, 0.05) is 13.2 Å². The van der Waals surface area contributed by atoms with E-state index < -0.39 is 0 Å². The Balaban J connectivity index is 2.45. The van der Waals surface area contributed by atoms with Crippen molar-refractivity contribution in [2.75, 3.05) is 7.11 Å². The second-order valence-electron chi connectivity index (χ2n) is 5.05. The summed E-state index contributed by atoms with van der Waals surface area (Å²) in [5, 5.41) is 0. The molecule has 1 rings (SSSR count). The van der Waals surface area contributed by atoms with Gasteiger partial charge >= 0.3 is 0 Å². The van der Waals surface area contributed by atoms with E-state index in [4.69, 9.17) is 10.5 Å². The minimum atomic E-state index is 0.195. The van der Waals surface area contributed by atoms with Gasteiger partial charge in [-0.05, 0) is 37.5 Å². The van der Waals surface area contributed by atoms with Crippen LogP contribution in [0.4, 0.5) is 0 Å². The van der Waals surface area contributed by atoms with Gasteiger partial charge in [-0.2, -0.15) is 0 Å². The third-order valence-electron chi connectivity index (χ3n) is 4.10. The lowest BCUT2D eigenvalue weighted by molar-refractivity contribution is 0.0557. The molecule has 5 atom stereocenters. The van der Waals surface area contributed by atoms with E-state index in [1.807, 2.05) is 0 Å². The van der Waals surface area contributed by atoms with Crippen LogP contribution in [0.15, 0.2) is 0 Å². The number of ether oxygens (including phenoxy) is 1. The van der Waals surface area contributed by atoms with Crippen LogP contribution in [-0.4, -0.2) is 19.3 Å². The molecule has 2 N–H and O–H groups in total. The fraction of sp³-hybridized carbons (Fsp3) is 1.00. The highest BCUT2D eigenvalue weighted by Crippen LogP contribution is 2.35. The summed E-state index contributed by atoms with van der Waals surface area (Å²) in [5.41, 5.74) is 6.19. The maximum atomic E-state index is 6.19. The predicted molar refractivity (Wildman–Crippen MR) is 60.1 cm³/mol. The predicted octanol–water partition coefficient (Wildman–Crippen LogP) is 2.42. The molecule has 1 aliphatic carbocycles. The van der Waals surface area contributed by atoms with Gasteiger partial charge < -0.3 is 10.5 Å². The summed E-state index contributed by atoms with van der Waals surface area (Å²) in [7, 11) is 1.75. The van der Waals surface area contributed by atoms with Gasteiger partial charge in [-0.1, -0.05) is 20.3 Å². The Morgan fingerprint density at radius 3 is 2.36 bits per heavy atom. The summed E-state index contributed by atoms with van der Waals surface area (Å²) in [4.78, 5) is 0. The Kier molecular flexibility index (Phi) is 4.39. The first-order valence-corrected chi connectivity index (χ1v) is 5.84. The van der Waals surface area contributed by atoms with Crippen LogP contribution in [0.3, 0.4) is 0 Å². The van der Waals surface area contributed by atoms with Gasteiger partial charge in [0.05, 0.1) is 6.10 Å². The Bertz CT molecular complexity index is 172. The number of nitrogens with two attached hydrogens (primary N) is 1. The Hall–Kier alpha value is -0.0800. The van der Waals surface area contributed by atoms with E-state index in [-0.39, 0.29) is 12.1 Å². The Morgan fingerprint density at radius 2 is 1.86 bits per heavy atom. The summed E-state index contributed by atoms with van der Waals surface area (Å²) in [6.45, 7) is 6.78. The Labute approximate surface area is 88.2 Å². The van der Waals surface area contributed by atoms with Crippen LogP contribution in [0.2, 0.25) is 0 Å². The first-order valence-electron chi connectivity index (χ1n) is 5.84. The number of hydrogen-bond acceptors (Lipinski definition) is 2. The average Bonchev–Trinajstić information content (AvgIpc) is 2.20. The van der Waals surface area contributed by atoms with Crippen molar-refractivity contribution >= 4 is 0 Å². The maximum absolute atomic E-state index is 6.19. The van der Waals surface area contributed by atoms with Crippen LogP contribution < -0.4 is 5.73 Å². The van der Waals surface area contributed by atoms with Crippen molar-refractivity contribution in [2.24, 2.45) is 23.5 Å². The summed E-state index contributed by atoms with van der Waals surface area (Å²) in [6, 6.07) is 0.218. The molecule has 0 aromatic carbocycles. The highest BCUT2D eigenvalue weighted by Gasteiger charge is 2.30. The maximum Gasteiger partial charge on any atom is 0.0696 e. The van der Waals surface area contributed by atoms with Crippen molar-refractivity contribution in [3.63, 3.8) is 0 Å². The zero-order valence-electron chi connectivity index (χ0n) is 9.99. The third-order valence-corrected chi connectivity index (χ3v) is 4.10. The van der Waals surface area contributed by atoms with Gasteiger partial charge in [0.2, 0.25) is 0 Å². The van der Waals surface area contributed by atoms with E-state index in [0.717, 1.165) is 11.8 Å². The highest BCUT2D eigenvalue weighted by atomic mass is 16.5. The summed E-state index contributed by atoms with van der Waals surface area (Å²) >= 11 is 0. The van der Waals surface area contributed by atoms with Crippen LogP contribution in [-0.2, 0) is 4.74 Å². The number of methoxy groups -OCH3 is 1. The second-order valence-corrected chi connectivity index (χ2v) is 5.05. The lowest BCUT2D eigenvalue weighted by atomic mass is 9.72. The molecular formula is C12H25NO. The standard InChI is InChI=1S/C12H25NO/c1-8-5-6-11(7-9(8)2)12(13)10(3)14-4/h8-12H,5-7,13H2,1-4H3. The molecule has 0 radical (unpaired) electrons. The normalized spacial score (nSPS) is 37.9. The van der Waals surface area contributed by atoms with E-state index in [1.54, 1.807) is 7.11 Å². The SMILES string of the molecule is COC(C)C(N)C1CCC(C)C(C)C1. The van der Waals surface area contributed by atoms with Crippen LogP contribution in [0, 0.1) is 17.8 Å². The largest absolute Gasteiger partial charge is 0.380 e. The number of rotatable bonds is 3. The molecule has 0 amide bonds. The van der Waals surface area contributed by atoms with Gasteiger partial charge in [0.1, 0.15) is 0 Å². The molecule has 14 heavy (non-hydrogen) atoms. The quantitative estimate of drug-likeness (QED) is 0.757. The monoisotopic (exact) mass is 199 g/mol. The molecule has 0 aliphatic heterocycles. The van der Waals surface area contributed by atoms with Crippen molar-refractivity contribution in [2.45, 2.75) is 52.2 Å². The van der Waals surface area contributed by atoms with E-state index in [9.17, 15) is 0 Å². The highest BCUT2D eigenvalue weighted by molar-refractivity contribution is 4.84. The number of hydrogen-bond donors (Lipinski definition) is 1. The third kappa shape index (κ3) is 2.71. The second kappa shape index (κ2) is 5.13. The molecule has 0 aromatic heterocycles. The molecule has 1 fully saturated rings. The van der Waals surface area contributed by atoms with E-state index in [0.29, 0.717) is 5.92 Å². The van der Waals surface area contributed by atoms with Crippen LogP contribution in [0.5, 0.6) is 0 Å². The average molecular weight is 199 g/mol. The van der Waals surface area contributed by atoms with Gasteiger partial charge in [0.15, 0.2) is 0 Å². The van der Waals surface area contributed by atoms with Crippen molar-refractivity contribution in [1.82, 2.24) is 0 Å².